The molecule has 1 saturated carbocycles. The second-order valence-corrected chi connectivity index (χ2v) is 8.54. The van der Waals surface area contributed by atoms with Gasteiger partial charge in [-0.25, -0.2) is 4.79 Å². The van der Waals surface area contributed by atoms with Gasteiger partial charge in [0, 0.05) is 31.2 Å². The van der Waals surface area contributed by atoms with Crippen LogP contribution in [0.25, 0.3) is 0 Å². The molecule has 3 heterocycles. The zero-order valence-corrected chi connectivity index (χ0v) is 15.5. The Balaban J connectivity index is 1.21. The number of aromatic nitrogens is 2. The fraction of sp³-hybridized carbons (Fsp3) is 0.526. The van der Waals surface area contributed by atoms with Gasteiger partial charge in [-0.05, 0) is 37.3 Å². The van der Waals surface area contributed by atoms with Crippen molar-refractivity contribution < 1.29 is 4.79 Å². The highest BCUT2D eigenvalue weighted by Gasteiger charge is 2.33. The first kappa shape index (κ1) is 16.1. The third-order valence-electron chi connectivity index (χ3n) is 5.54. The van der Waals surface area contributed by atoms with Gasteiger partial charge in [0.1, 0.15) is 10.0 Å². The van der Waals surface area contributed by atoms with Crippen LogP contribution >= 0.6 is 11.3 Å². The van der Waals surface area contributed by atoms with Crippen LogP contribution in [0.3, 0.4) is 0 Å². The fourth-order valence-corrected chi connectivity index (χ4v) is 5.00. The van der Waals surface area contributed by atoms with Crippen molar-refractivity contribution in [3.63, 3.8) is 0 Å². The Morgan fingerprint density at radius 2 is 2.12 bits per heavy atom. The number of amides is 2. The molecule has 1 N–H and O–H groups in total. The third kappa shape index (κ3) is 3.05. The highest BCUT2D eigenvalue weighted by molar-refractivity contribution is 7.11. The molecule has 136 valence electrons. The van der Waals surface area contributed by atoms with E-state index in [-0.39, 0.29) is 6.03 Å². The van der Waals surface area contributed by atoms with Crippen molar-refractivity contribution in [2.75, 3.05) is 24.5 Å². The zero-order valence-electron chi connectivity index (χ0n) is 14.7. The molecule has 1 aliphatic carbocycles. The molecule has 1 aromatic carbocycles. The molecule has 0 bridgehead atoms. The number of fused-ring (bicyclic) bond motifs is 3. The summed E-state index contributed by atoms with van der Waals surface area (Å²) in [6.07, 6.45) is 4.49. The van der Waals surface area contributed by atoms with E-state index in [1.807, 2.05) is 4.90 Å². The van der Waals surface area contributed by atoms with Crippen molar-refractivity contribution in [3.05, 3.63) is 39.8 Å². The van der Waals surface area contributed by atoms with Gasteiger partial charge < -0.3 is 15.1 Å². The first-order valence-electron chi connectivity index (χ1n) is 9.47. The van der Waals surface area contributed by atoms with Crippen molar-refractivity contribution in [3.8, 4) is 0 Å². The van der Waals surface area contributed by atoms with Crippen LogP contribution in [0.1, 0.15) is 40.8 Å². The van der Waals surface area contributed by atoms with Gasteiger partial charge in [0.25, 0.3) is 0 Å². The molecule has 7 heteroatoms. The first-order valence-corrected chi connectivity index (χ1v) is 10.3. The predicted octanol–water partition coefficient (Wildman–Crippen LogP) is 2.76. The van der Waals surface area contributed by atoms with Crippen LogP contribution in [-0.4, -0.2) is 46.8 Å². The van der Waals surface area contributed by atoms with Gasteiger partial charge in [0.05, 0.1) is 12.6 Å². The number of hydrogen-bond acceptors (Lipinski definition) is 5. The quantitative estimate of drug-likeness (QED) is 0.904. The average Bonchev–Trinajstić information content (AvgIpc) is 3.36. The number of anilines is 1. The molecule has 5 rings (SSSR count). The molecule has 2 amide bonds. The van der Waals surface area contributed by atoms with E-state index in [0.29, 0.717) is 18.5 Å². The van der Waals surface area contributed by atoms with Crippen LogP contribution in [0.4, 0.5) is 10.5 Å². The topological polar surface area (TPSA) is 61.4 Å². The Bertz CT molecular complexity index is 818. The number of nitrogens with one attached hydrogen (secondary N) is 1. The van der Waals surface area contributed by atoms with Crippen molar-refractivity contribution in [1.29, 1.82) is 0 Å². The Morgan fingerprint density at radius 1 is 1.23 bits per heavy atom. The maximum absolute atomic E-state index is 12.7. The molecule has 0 radical (unpaired) electrons. The Kier molecular flexibility index (Phi) is 4.04. The van der Waals surface area contributed by atoms with Crippen molar-refractivity contribution in [1.82, 2.24) is 20.4 Å². The predicted molar refractivity (Wildman–Crippen MR) is 102 cm³/mol. The lowest BCUT2D eigenvalue weighted by molar-refractivity contribution is 0.197. The van der Waals surface area contributed by atoms with Gasteiger partial charge in [0.2, 0.25) is 0 Å². The molecule has 3 aliphatic rings. The molecule has 1 atom stereocenters. The monoisotopic (exact) mass is 369 g/mol. The third-order valence-corrected chi connectivity index (χ3v) is 6.63. The minimum absolute atomic E-state index is 0.0194. The summed E-state index contributed by atoms with van der Waals surface area (Å²) >= 11 is 1.64. The summed E-state index contributed by atoms with van der Waals surface area (Å²) in [4.78, 5) is 17.1. The summed E-state index contributed by atoms with van der Waals surface area (Å²) in [7, 11) is 0. The maximum atomic E-state index is 12.7. The van der Waals surface area contributed by atoms with Gasteiger partial charge in [-0.3, -0.25) is 0 Å². The molecule has 2 aromatic rings. The van der Waals surface area contributed by atoms with Crippen LogP contribution in [0, 0.1) is 0 Å². The van der Waals surface area contributed by atoms with Crippen LogP contribution < -0.4 is 10.2 Å². The molecular formula is C19H23N5OS. The van der Waals surface area contributed by atoms with E-state index >= 15 is 0 Å². The number of carbonyl (C=O) groups is 1. The summed E-state index contributed by atoms with van der Waals surface area (Å²) in [6, 6.07) is 9.04. The Hall–Kier alpha value is -2.15. The van der Waals surface area contributed by atoms with Crippen LogP contribution in [0.15, 0.2) is 24.3 Å². The van der Waals surface area contributed by atoms with Crippen molar-refractivity contribution in [2.24, 2.45) is 0 Å². The minimum Gasteiger partial charge on any atom is -0.366 e. The molecular weight excluding hydrogens is 346 g/mol. The number of hydrogen-bond donors (Lipinski definition) is 1. The normalized spacial score (nSPS) is 21.9. The molecule has 2 aliphatic heterocycles. The van der Waals surface area contributed by atoms with Gasteiger partial charge in [0.15, 0.2) is 0 Å². The number of para-hydroxylation sites is 1. The maximum Gasteiger partial charge on any atom is 0.317 e. The summed E-state index contributed by atoms with van der Waals surface area (Å²) in [5.74, 6) is 0.623. The molecule has 26 heavy (non-hydrogen) atoms. The molecule has 1 saturated heterocycles. The smallest absolute Gasteiger partial charge is 0.317 e. The number of rotatable bonds is 3. The van der Waals surface area contributed by atoms with Crippen LogP contribution in [-0.2, 0) is 13.0 Å². The lowest BCUT2D eigenvalue weighted by atomic mass is 10.1. The van der Waals surface area contributed by atoms with Gasteiger partial charge >= 0.3 is 6.03 Å². The van der Waals surface area contributed by atoms with Crippen molar-refractivity contribution >= 4 is 23.1 Å². The van der Waals surface area contributed by atoms with E-state index in [1.54, 1.807) is 11.3 Å². The van der Waals surface area contributed by atoms with Gasteiger partial charge in [-0.15, -0.1) is 10.2 Å². The minimum atomic E-state index is 0.0194. The van der Waals surface area contributed by atoms with Crippen LogP contribution in [0.5, 0.6) is 0 Å². The van der Waals surface area contributed by atoms with E-state index in [9.17, 15) is 4.79 Å². The lowest BCUT2D eigenvalue weighted by Crippen LogP contribution is -2.45. The van der Waals surface area contributed by atoms with E-state index < -0.39 is 0 Å². The highest BCUT2D eigenvalue weighted by Crippen LogP contribution is 2.41. The second-order valence-electron chi connectivity index (χ2n) is 7.45. The second kappa shape index (κ2) is 6.54. The number of benzene rings is 1. The van der Waals surface area contributed by atoms with Gasteiger partial charge in [-0.2, -0.15) is 0 Å². The molecule has 1 aromatic heterocycles. The molecule has 2 fully saturated rings. The standard InChI is InChI=1S/C19H23N5OS/c25-19(20-11-17-21-22-18(26-17)13-6-7-13)23-8-3-9-24-15(12-23)10-14-4-1-2-5-16(14)24/h1-2,4-5,13,15H,3,6-12H2,(H,20,25). The Labute approximate surface area is 157 Å². The summed E-state index contributed by atoms with van der Waals surface area (Å²) in [5.41, 5.74) is 2.75. The fourth-order valence-electron chi connectivity index (χ4n) is 4.05. The van der Waals surface area contributed by atoms with Gasteiger partial charge in [-0.1, -0.05) is 29.5 Å². The average molecular weight is 369 g/mol. The zero-order chi connectivity index (χ0) is 17.5. The first-order chi connectivity index (χ1) is 12.8. The van der Waals surface area contributed by atoms with Crippen LogP contribution in [0.2, 0.25) is 0 Å². The van der Waals surface area contributed by atoms with E-state index in [1.165, 1.54) is 24.1 Å². The number of urea groups is 1. The summed E-state index contributed by atoms with van der Waals surface area (Å²) in [6.45, 7) is 3.09. The number of carbonyl (C=O) groups excluding carboxylic acids is 1. The summed E-state index contributed by atoms with van der Waals surface area (Å²) < 4.78 is 0. The van der Waals surface area contributed by atoms with E-state index in [0.717, 1.165) is 42.5 Å². The largest absolute Gasteiger partial charge is 0.366 e. The van der Waals surface area contributed by atoms with E-state index in [2.05, 4.69) is 44.7 Å². The molecule has 1 unspecified atom stereocenters. The summed E-state index contributed by atoms with van der Waals surface area (Å²) in [5, 5.41) is 13.5. The van der Waals surface area contributed by atoms with E-state index in [4.69, 9.17) is 0 Å². The molecule has 0 spiro atoms. The lowest BCUT2D eigenvalue weighted by Gasteiger charge is -2.27. The highest BCUT2D eigenvalue weighted by atomic mass is 32.1. The Morgan fingerprint density at radius 3 is 3.00 bits per heavy atom. The molecule has 6 nitrogen and oxygen atoms in total. The SMILES string of the molecule is O=C(NCc1nnc(C2CC2)s1)N1CCCN2c3ccccc3CC2C1. The number of nitrogens with zero attached hydrogens (tertiary/aromatic N) is 4. The van der Waals surface area contributed by atoms with Crippen molar-refractivity contribution in [2.45, 2.75) is 44.2 Å².